The van der Waals surface area contributed by atoms with Crippen LogP contribution in [0.15, 0.2) is 12.3 Å². The summed E-state index contributed by atoms with van der Waals surface area (Å²) in [5, 5.41) is 3.53. The Hall–Kier alpha value is -1.17. The summed E-state index contributed by atoms with van der Waals surface area (Å²) in [5.41, 5.74) is 4.05. The Morgan fingerprint density at radius 3 is 2.95 bits per heavy atom. The van der Waals surface area contributed by atoms with E-state index in [1.807, 2.05) is 13.1 Å². The average molecular weight is 322 g/mol. The SMILES string of the molecule is Cc1cc(C)n2c(CN3CCC4(CCNC4)C3)cnc2n1.Cl. The van der Waals surface area contributed by atoms with Gasteiger partial charge in [0.2, 0.25) is 5.78 Å². The molecule has 2 saturated heterocycles. The van der Waals surface area contributed by atoms with E-state index in [-0.39, 0.29) is 12.4 Å². The van der Waals surface area contributed by atoms with Gasteiger partial charge in [0.1, 0.15) is 0 Å². The molecule has 2 aromatic rings. The van der Waals surface area contributed by atoms with E-state index in [9.17, 15) is 0 Å². The fraction of sp³-hybridized carbons (Fsp3) is 0.625. The number of aryl methyl sites for hydroxylation is 2. The number of nitrogens with zero attached hydrogens (tertiary/aromatic N) is 4. The molecule has 6 heteroatoms. The van der Waals surface area contributed by atoms with Crippen LogP contribution in [0.1, 0.15) is 29.9 Å². The molecule has 4 heterocycles. The maximum Gasteiger partial charge on any atom is 0.234 e. The van der Waals surface area contributed by atoms with Gasteiger partial charge in [-0.05, 0) is 51.3 Å². The van der Waals surface area contributed by atoms with Crippen molar-refractivity contribution >= 4 is 18.2 Å². The van der Waals surface area contributed by atoms with Gasteiger partial charge in [-0.3, -0.25) is 9.30 Å². The van der Waals surface area contributed by atoms with Crippen molar-refractivity contribution < 1.29 is 0 Å². The first-order valence-corrected chi connectivity index (χ1v) is 7.89. The Morgan fingerprint density at radius 1 is 1.32 bits per heavy atom. The highest BCUT2D eigenvalue weighted by Gasteiger charge is 2.40. The molecule has 0 bridgehead atoms. The summed E-state index contributed by atoms with van der Waals surface area (Å²) in [7, 11) is 0. The van der Waals surface area contributed by atoms with Crippen molar-refractivity contribution in [2.24, 2.45) is 5.41 Å². The van der Waals surface area contributed by atoms with Crippen LogP contribution in [0.25, 0.3) is 5.78 Å². The monoisotopic (exact) mass is 321 g/mol. The molecular formula is C16H24ClN5. The maximum atomic E-state index is 4.53. The van der Waals surface area contributed by atoms with Gasteiger partial charge in [-0.25, -0.2) is 9.97 Å². The van der Waals surface area contributed by atoms with E-state index >= 15 is 0 Å². The fourth-order valence-electron chi connectivity index (χ4n) is 4.04. The van der Waals surface area contributed by atoms with Gasteiger partial charge in [0.25, 0.3) is 0 Å². The van der Waals surface area contributed by atoms with E-state index < -0.39 is 0 Å². The third-order valence-electron chi connectivity index (χ3n) is 5.10. The van der Waals surface area contributed by atoms with Crippen molar-refractivity contribution in [2.75, 3.05) is 26.2 Å². The van der Waals surface area contributed by atoms with Crippen molar-refractivity contribution in [3.63, 3.8) is 0 Å². The lowest BCUT2D eigenvalue weighted by atomic mass is 9.87. The highest BCUT2D eigenvalue weighted by Crippen LogP contribution is 2.36. The number of imidazole rings is 1. The molecule has 2 fully saturated rings. The Kier molecular flexibility index (Phi) is 4.14. The second kappa shape index (κ2) is 5.80. The van der Waals surface area contributed by atoms with Crippen molar-refractivity contribution in [2.45, 2.75) is 33.2 Å². The van der Waals surface area contributed by atoms with Gasteiger partial charge in [0, 0.05) is 31.0 Å². The van der Waals surface area contributed by atoms with Crippen LogP contribution in [0.5, 0.6) is 0 Å². The predicted octanol–water partition coefficient (Wildman–Crippen LogP) is 1.95. The number of hydrogen-bond acceptors (Lipinski definition) is 4. The summed E-state index contributed by atoms with van der Waals surface area (Å²) in [5.74, 6) is 0.832. The van der Waals surface area contributed by atoms with Crippen LogP contribution in [-0.4, -0.2) is 45.4 Å². The summed E-state index contributed by atoms with van der Waals surface area (Å²) < 4.78 is 2.20. The number of aromatic nitrogens is 3. The largest absolute Gasteiger partial charge is 0.316 e. The molecule has 5 nitrogen and oxygen atoms in total. The van der Waals surface area contributed by atoms with Crippen LogP contribution in [-0.2, 0) is 6.54 Å². The van der Waals surface area contributed by atoms with E-state index in [1.165, 1.54) is 50.4 Å². The molecule has 4 rings (SSSR count). The lowest BCUT2D eigenvalue weighted by Crippen LogP contribution is -2.29. The van der Waals surface area contributed by atoms with E-state index in [0.717, 1.165) is 18.0 Å². The molecule has 1 unspecified atom stereocenters. The van der Waals surface area contributed by atoms with Crippen molar-refractivity contribution in [3.8, 4) is 0 Å². The quantitative estimate of drug-likeness (QED) is 0.918. The summed E-state index contributed by atoms with van der Waals surface area (Å²) >= 11 is 0. The number of likely N-dealkylation sites (tertiary alicyclic amines) is 1. The van der Waals surface area contributed by atoms with Crippen LogP contribution in [0, 0.1) is 19.3 Å². The second-order valence-corrected chi connectivity index (χ2v) is 6.81. The van der Waals surface area contributed by atoms with E-state index in [1.54, 1.807) is 0 Å². The van der Waals surface area contributed by atoms with Crippen LogP contribution in [0.2, 0.25) is 0 Å². The van der Waals surface area contributed by atoms with Gasteiger partial charge in [-0.1, -0.05) is 0 Å². The van der Waals surface area contributed by atoms with E-state index in [2.05, 4.69) is 37.6 Å². The third kappa shape index (κ3) is 2.62. The summed E-state index contributed by atoms with van der Waals surface area (Å²) in [6, 6.07) is 2.13. The molecule has 22 heavy (non-hydrogen) atoms. The fourth-order valence-corrected chi connectivity index (χ4v) is 4.04. The number of hydrogen-bond donors (Lipinski definition) is 1. The minimum atomic E-state index is 0. The summed E-state index contributed by atoms with van der Waals surface area (Å²) in [6.45, 7) is 9.94. The minimum Gasteiger partial charge on any atom is -0.316 e. The lowest BCUT2D eigenvalue weighted by Gasteiger charge is -2.22. The van der Waals surface area contributed by atoms with Crippen molar-refractivity contribution in [1.29, 1.82) is 0 Å². The molecule has 1 atom stereocenters. The average Bonchev–Trinajstić information content (AvgIpc) is 3.13. The zero-order valence-electron chi connectivity index (χ0n) is 13.3. The normalized spacial score (nSPS) is 25.2. The number of halogens is 1. The molecular weight excluding hydrogens is 298 g/mol. The Labute approximate surface area is 137 Å². The van der Waals surface area contributed by atoms with Crippen molar-refractivity contribution in [3.05, 3.63) is 29.3 Å². The first-order valence-electron chi connectivity index (χ1n) is 7.89. The van der Waals surface area contributed by atoms with Crippen LogP contribution >= 0.6 is 12.4 Å². The van der Waals surface area contributed by atoms with E-state index in [4.69, 9.17) is 0 Å². The first kappa shape index (κ1) is 15.7. The molecule has 0 saturated carbocycles. The molecule has 0 aliphatic carbocycles. The van der Waals surface area contributed by atoms with E-state index in [0.29, 0.717) is 5.41 Å². The Bertz CT molecular complexity index is 674. The molecule has 2 aliphatic heterocycles. The third-order valence-corrected chi connectivity index (χ3v) is 5.10. The van der Waals surface area contributed by atoms with Crippen molar-refractivity contribution in [1.82, 2.24) is 24.6 Å². The smallest absolute Gasteiger partial charge is 0.234 e. The van der Waals surface area contributed by atoms with Crippen LogP contribution in [0.3, 0.4) is 0 Å². The summed E-state index contributed by atoms with van der Waals surface area (Å²) in [6.07, 6.45) is 4.65. The number of fused-ring (bicyclic) bond motifs is 1. The van der Waals surface area contributed by atoms with Gasteiger partial charge < -0.3 is 5.32 Å². The molecule has 1 N–H and O–H groups in total. The zero-order valence-corrected chi connectivity index (χ0v) is 14.1. The van der Waals surface area contributed by atoms with Crippen LogP contribution < -0.4 is 5.32 Å². The Morgan fingerprint density at radius 2 is 2.18 bits per heavy atom. The van der Waals surface area contributed by atoms with Crippen LogP contribution in [0.4, 0.5) is 0 Å². The molecule has 1 spiro atoms. The minimum absolute atomic E-state index is 0. The summed E-state index contributed by atoms with van der Waals surface area (Å²) in [4.78, 5) is 11.6. The lowest BCUT2D eigenvalue weighted by molar-refractivity contribution is 0.266. The first-order chi connectivity index (χ1) is 10.2. The number of nitrogens with one attached hydrogen (secondary N) is 1. The predicted molar refractivity (Wildman–Crippen MR) is 89.5 cm³/mol. The molecule has 0 amide bonds. The second-order valence-electron chi connectivity index (χ2n) is 6.81. The highest BCUT2D eigenvalue weighted by molar-refractivity contribution is 5.85. The Balaban J connectivity index is 0.00000144. The standard InChI is InChI=1S/C16H23N5.ClH/c1-12-7-13(2)21-14(8-18-15(21)19-12)9-20-6-4-16(11-20)3-5-17-10-16;/h7-8,17H,3-6,9-11H2,1-2H3;1H. The van der Waals surface area contributed by atoms with Gasteiger partial charge >= 0.3 is 0 Å². The van der Waals surface area contributed by atoms with Gasteiger partial charge in [0.05, 0.1) is 11.9 Å². The molecule has 2 aliphatic rings. The van der Waals surface area contributed by atoms with Gasteiger partial charge in [0.15, 0.2) is 0 Å². The highest BCUT2D eigenvalue weighted by atomic mass is 35.5. The molecule has 120 valence electrons. The van der Waals surface area contributed by atoms with Gasteiger partial charge in [-0.15, -0.1) is 12.4 Å². The number of rotatable bonds is 2. The zero-order chi connectivity index (χ0) is 14.4. The molecule has 2 aromatic heterocycles. The maximum absolute atomic E-state index is 4.53. The van der Waals surface area contributed by atoms with Gasteiger partial charge in [-0.2, -0.15) is 0 Å². The topological polar surface area (TPSA) is 45.5 Å². The molecule has 0 radical (unpaired) electrons. The molecule has 0 aromatic carbocycles.